The van der Waals surface area contributed by atoms with Crippen LogP contribution in [0.3, 0.4) is 0 Å². The van der Waals surface area contributed by atoms with Crippen molar-refractivity contribution in [3.8, 4) is 17.6 Å². The van der Waals surface area contributed by atoms with Crippen molar-refractivity contribution in [1.82, 2.24) is 9.97 Å². The van der Waals surface area contributed by atoms with Gasteiger partial charge in [0.1, 0.15) is 23.2 Å². The molecule has 2 aliphatic heterocycles. The van der Waals surface area contributed by atoms with Gasteiger partial charge in [-0.15, -0.1) is 0 Å². The van der Waals surface area contributed by atoms with Crippen LogP contribution in [-0.4, -0.2) is 42.7 Å². The number of amides is 1. The first-order valence-electron chi connectivity index (χ1n) is 10.9. The fraction of sp³-hybridized carbons (Fsp3) is 0.478. The minimum Gasteiger partial charge on any atom is -0.497 e. The summed E-state index contributed by atoms with van der Waals surface area (Å²) in [5, 5.41) is 12.5. The van der Waals surface area contributed by atoms with Crippen LogP contribution in [0.2, 0.25) is 0 Å². The maximum atomic E-state index is 13.3. The van der Waals surface area contributed by atoms with Crippen molar-refractivity contribution in [2.45, 2.75) is 44.6 Å². The van der Waals surface area contributed by atoms with Crippen LogP contribution >= 0.6 is 0 Å². The van der Waals surface area contributed by atoms with Crippen LogP contribution in [0, 0.1) is 17.2 Å². The van der Waals surface area contributed by atoms with Crippen molar-refractivity contribution in [3.63, 3.8) is 0 Å². The Kier molecular flexibility index (Phi) is 6.04. The van der Waals surface area contributed by atoms with Crippen molar-refractivity contribution in [2.75, 3.05) is 31.0 Å². The quantitative estimate of drug-likeness (QED) is 0.738. The number of benzene rings is 1. The van der Waals surface area contributed by atoms with E-state index in [0.29, 0.717) is 23.0 Å². The summed E-state index contributed by atoms with van der Waals surface area (Å²) in [6, 6.07) is 7.45. The molecule has 1 saturated heterocycles. The molecule has 1 aromatic heterocycles. The van der Waals surface area contributed by atoms with Crippen LogP contribution in [-0.2, 0) is 4.79 Å². The van der Waals surface area contributed by atoms with Crippen LogP contribution in [0.5, 0.6) is 11.5 Å². The number of methoxy groups -OCH3 is 2. The molecule has 168 valence electrons. The first-order chi connectivity index (χ1) is 15.5. The zero-order chi connectivity index (χ0) is 22.8. The fourth-order valence-corrected chi connectivity index (χ4v) is 4.75. The minimum absolute atomic E-state index is 0.198. The molecular weight excluding hydrogens is 410 g/mol. The van der Waals surface area contributed by atoms with Gasteiger partial charge in [-0.2, -0.15) is 10.2 Å². The maximum absolute atomic E-state index is 13.3. The van der Waals surface area contributed by atoms with Gasteiger partial charge in [0.05, 0.1) is 25.9 Å². The number of aromatic amines is 1. The van der Waals surface area contributed by atoms with Gasteiger partial charge in [-0.1, -0.05) is 13.0 Å². The highest BCUT2D eigenvalue weighted by Gasteiger charge is 2.42. The Bertz CT molecular complexity index is 1120. The summed E-state index contributed by atoms with van der Waals surface area (Å²) < 4.78 is 10.8. The number of H-pyrrole nitrogens is 1. The van der Waals surface area contributed by atoms with E-state index >= 15 is 0 Å². The molecule has 0 radical (unpaired) electrons. The number of fused-ring (bicyclic) bond motifs is 1. The van der Waals surface area contributed by atoms with Crippen LogP contribution < -0.4 is 25.2 Å². The predicted molar refractivity (Wildman–Crippen MR) is 119 cm³/mol. The van der Waals surface area contributed by atoms with Gasteiger partial charge in [-0.05, 0) is 31.7 Å². The minimum atomic E-state index is -1.10. The second kappa shape index (κ2) is 8.91. The number of hydrogen-bond donors (Lipinski definition) is 2. The summed E-state index contributed by atoms with van der Waals surface area (Å²) in [4.78, 5) is 35.9. The van der Waals surface area contributed by atoms with Crippen molar-refractivity contribution >= 4 is 17.7 Å². The molecule has 3 heterocycles. The van der Waals surface area contributed by atoms with Gasteiger partial charge in [0.2, 0.25) is 11.9 Å². The number of nitrogens with one attached hydrogen (secondary N) is 2. The molecule has 3 unspecified atom stereocenters. The van der Waals surface area contributed by atoms with Crippen LogP contribution in [0.4, 0.5) is 11.8 Å². The van der Waals surface area contributed by atoms with E-state index in [-0.39, 0.29) is 23.0 Å². The highest BCUT2D eigenvalue weighted by atomic mass is 16.5. The Morgan fingerprint density at radius 3 is 2.75 bits per heavy atom. The molecule has 1 fully saturated rings. The largest absolute Gasteiger partial charge is 0.497 e. The molecule has 1 aromatic carbocycles. The average molecular weight is 438 g/mol. The Morgan fingerprint density at radius 1 is 1.25 bits per heavy atom. The average Bonchev–Trinajstić information content (AvgIpc) is 2.82. The molecule has 0 spiro atoms. The lowest BCUT2D eigenvalue weighted by Gasteiger charge is -2.36. The molecule has 4 rings (SSSR count). The second-order valence-corrected chi connectivity index (χ2v) is 8.08. The maximum Gasteiger partial charge on any atom is 0.258 e. The number of ether oxygens (including phenoxy) is 2. The number of carbonyl (C=O) groups excluding carboxylic acids is 1. The van der Waals surface area contributed by atoms with Gasteiger partial charge in [-0.3, -0.25) is 14.6 Å². The summed E-state index contributed by atoms with van der Waals surface area (Å²) in [5.41, 5.74) is 0.447. The Morgan fingerprint density at radius 2 is 2.06 bits per heavy atom. The van der Waals surface area contributed by atoms with Crippen molar-refractivity contribution < 1.29 is 14.3 Å². The van der Waals surface area contributed by atoms with E-state index < -0.39 is 17.7 Å². The van der Waals surface area contributed by atoms with E-state index in [4.69, 9.17) is 9.47 Å². The number of carbonyl (C=O) groups is 1. The number of anilines is 2. The second-order valence-electron chi connectivity index (χ2n) is 8.08. The summed E-state index contributed by atoms with van der Waals surface area (Å²) >= 11 is 0. The highest BCUT2D eigenvalue weighted by molar-refractivity contribution is 5.98. The molecule has 2 aromatic rings. The standard InChI is InChI=1S/C23H27N5O4/c1-4-13-7-5-6-10-28(13)23-26-20-19(22(30)27-23)18(16(12-24)21(29)25-20)15-9-8-14(31-2)11-17(15)32-3/h8-9,11,13,16,18H,4-7,10H2,1-3H3,(H2,25,26,27,29,30). The summed E-state index contributed by atoms with van der Waals surface area (Å²) in [6.45, 7) is 2.91. The third-order valence-corrected chi connectivity index (χ3v) is 6.40. The molecule has 2 N–H and O–H groups in total. The number of nitriles is 1. The summed E-state index contributed by atoms with van der Waals surface area (Å²) in [5.74, 6) is -0.758. The molecule has 0 bridgehead atoms. The zero-order valence-electron chi connectivity index (χ0n) is 18.5. The highest BCUT2D eigenvalue weighted by Crippen LogP contribution is 2.43. The Labute approximate surface area is 186 Å². The Balaban J connectivity index is 1.87. The van der Waals surface area contributed by atoms with Gasteiger partial charge < -0.3 is 19.7 Å². The predicted octanol–water partition coefficient (Wildman–Crippen LogP) is 2.78. The topological polar surface area (TPSA) is 120 Å². The van der Waals surface area contributed by atoms with E-state index in [9.17, 15) is 14.9 Å². The normalized spacial score (nSPS) is 22.5. The van der Waals surface area contributed by atoms with Crippen molar-refractivity contribution in [3.05, 3.63) is 39.7 Å². The lowest BCUT2D eigenvalue weighted by atomic mass is 9.78. The van der Waals surface area contributed by atoms with Crippen LogP contribution in [0.25, 0.3) is 0 Å². The SMILES string of the molecule is CCC1CCCCN1c1nc2c(c(=O)[nH]1)C(c1ccc(OC)cc1OC)C(C#N)C(=O)N2. The first kappa shape index (κ1) is 21.7. The first-order valence-corrected chi connectivity index (χ1v) is 10.9. The van der Waals surface area contributed by atoms with E-state index in [1.165, 1.54) is 14.2 Å². The van der Waals surface area contributed by atoms with Gasteiger partial charge in [-0.25, -0.2) is 0 Å². The lowest BCUT2D eigenvalue weighted by Crippen LogP contribution is -2.43. The summed E-state index contributed by atoms with van der Waals surface area (Å²) in [7, 11) is 3.03. The molecule has 0 saturated carbocycles. The molecule has 9 nitrogen and oxygen atoms in total. The monoisotopic (exact) mass is 437 g/mol. The third kappa shape index (κ3) is 3.66. The van der Waals surface area contributed by atoms with E-state index in [1.54, 1.807) is 18.2 Å². The molecule has 32 heavy (non-hydrogen) atoms. The number of aromatic nitrogens is 2. The van der Waals surface area contributed by atoms with Crippen LogP contribution in [0.1, 0.15) is 49.7 Å². The number of rotatable bonds is 5. The van der Waals surface area contributed by atoms with E-state index in [0.717, 1.165) is 32.2 Å². The van der Waals surface area contributed by atoms with Gasteiger partial charge >= 0.3 is 0 Å². The van der Waals surface area contributed by atoms with Gasteiger partial charge in [0, 0.05) is 30.1 Å². The smallest absolute Gasteiger partial charge is 0.258 e. The van der Waals surface area contributed by atoms with Gasteiger partial charge in [0.25, 0.3) is 5.56 Å². The molecule has 9 heteroatoms. The molecule has 0 aliphatic carbocycles. The van der Waals surface area contributed by atoms with Crippen molar-refractivity contribution in [1.29, 1.82) is 5.26 Å². The lowest BCUT2D eigenvalue weighted by molar-refractivity contribution is -0.119. The van der Waals surface area contributed by atoms with Crippen LogP contribution in [0.15, 0.2) is 23.0 Å². The molecular formula is C23H27N5O4. The summed E-state index contributed by atoms with van der Waals surface area (Å²) in [6.07, 6.45) is 4.14. The number of hydrogen-bond acceptors (Lipinski definition) is 7. The Hall–Kier alpha value is -3.54. The fourth-order valence-electron chi connectivity index (χ4n) is 4.75. The van der Waals surface area contributed by atoms with E-state index in [2.05, 4.69) is 33.2 Å². The number of piperidine rings is 1. The van der Waals surface area contributed by atoms with Gasteiger partial charge in [0.15, 0.2) is 0 Å². The molecule has 1 amide bonds. The van der Waals surface area contributed by atoms with E-state index in [1.807, 2.05) is 0 Å². The van der Waals surface area contributed by atoms with Crippen molar-refractivity contribution in [2.24, 2.45) is 5.92 Å². The zero-order valence-corrected chi connectivity index (χ0v) is 18.5. The molecule has 2 aliphatic rings. The number of nitrogens with zero attached hydrogens (tertiary/aromatic N) is 3. The molecule has 3 atom stereocenters. The third-order valence-electron chi connectivity index (χ3n) is 6.40.